The summed E-state index contributed by atoms with van der Waals surface area (Å²) in [5.41, 5.74) is 2.88. The molecular weight excluding hydrogens is 495 g/mol. The Hall–Kier alpha value is -3.66. The van der Waals surface area contributed by atoms with E-state index in [1.807, 2.05) is 53.8 Å². The zero-order valence-electron chi connectivity index (χ0n) is 20.8. The van der Waals surface area contributed by atoms with Crippen molar-refractivity contribution in [2.24, 2.45) is 10.6 Å². The van der Waals surface area contributed by atoms with Gasteiger partial charge >= 0.3 is 0 Å². The molecule has 0 amide bonds. The highest BCUT2D eigenvalue weighted by Gasteiger charge is 2.58. The first-order valence-corrected chi connectivity index (χ1v) is 13.8. The summed E-state index contributed by atoms with van der Waals surface area (Å²) >= 11 is 0. The van der Waals surface area contributed by atoms with E-state index >= 15 is 0 Å². The molecule has 8 nitrogen and oxygen atoms in total. The molecule has 0 N–H and O–H groups in total. The summed E-state index contributed by atoms with van der Waals surface area (Å²) in [4.78, 5) is 12.3. The summed E-state index contributed by atoms with van der Waals surface area (Å²) in [6.07, 6.45) is 6.25. The minimum atomic E-state index is -3.08. The van der Waals surface area contributed by atoms with Crippen LogP contribution in [0.4, 0.5) is 4.39 Å². The van der Waals surface area contributed by atoms with Gasteiger partial charge in [-0.2, -0.15) is 0 Å². The minimum absolute atomic E-state index is 0.114. The molecule has 2 saturated heterocycles. The second-order valence-corrected chi connectivity index (χ2v) is 12.4. The first kappa shape index (κ1) is 23.7. The molecule has 37 heavy (non-hydrogen) atoms. The molecule has 0 bridgehead atoms. The number of methoxy groups -OCH3 is 1. The number of halogens is 1. The van der Waals surface area contributed by atoms with Crippen LogP contribution >= 0.6 is 0 Å². The molecule has 3 aliphatic rings. The Morgan fingerprint density at radius 1 is 1.16 bits per heavy atom. The third-order valence-corrected chi connectivity index (χ3v) is 9.50. The van der Waals surface area contributed by atoms with Crippen LogP contribution in [-0.4, -0.2) is 53.9 Å². The molecule has 0 radical (unpaired) electrons. The van der Waals surface area contributed by atoms with E-state index in [0.717, 1.165) is 28.1 Å². The fraction of sp³-hybridized carbons (Fsp3) is 0.333. The Morgan fingerprint density at radius 3 is 2.57 bits per heavy atom. The maximum Gasteiger partial charge on any atom is 0.234 e. The quantitative estimate of drug-likeness (QED) is 0.514. The summed E-state index contributed by atoms with van der Waals surface area (Å²) in [5.74, 6) is 1.23. The number of piperidine rings is 1. The van der Waals surface area contributed by atoms with Crippen LogP contribution in [0.3, 0.4) is 0 Å². The van der Waals surface area contributed by atoms with Crippen LogP contribution in [0, 0.1) is 18.2 Å². The highest BCUT2D eigenvalue weighted by Crippen LogP contribution is 2.49. The van der Waals surface area contributed by atoms with Gasteiger partial charge in [-0.3, -0.25) is 0 Å². The summed E-state index contributed by atoms with van der Waals surface area (Å²) < 4.78 is 45.8. The lowest BCUT2D eigenvalue weighted by Gasteiger charge is -2.50. The lowest BCUT2D eigenvalue weighted by Crippen LogP contribution is -2.62. The average Bonchev–Trinajstić information content (AvgIpc) is 3.42. The van der Waals surface area contributed by atoms with Crippen molar-refractivity contribution in [3.05, 3.63) is 83.2 Å². The predicted molar refractivity (Wildman–Crippen MR) is 138 cm³/mol. The van der Waals surface area contributed by atoms with Gasteiger partial charge in [-0.1, -0.05) is 23.4 Å². The lowest BCUT2D eigenvalue weighted by molar-refractivity contribution is -0.101. The first-order valence-electron chi connectivity index (χ1n) is 12.0. The molecule has 4 heterocycles. The second kappa shape index (κ2) is 8.17. The molecule has 10 heteroatoms. The van der Waals surface area contributed by atoms with Crippen LogP contribution in [-0.2, 0) is 20.4 Å². The third kappa shape index (κ3) is 3.99. The number of fused-ring (bicyclic) bond motifs is 1. The first-order chi connectivity index (χ1) is 17.6. The normalized spacial score (nSPS) is 24.4. The standard InChI is InChI=1S/C27H27FN4O4S/c1-18-13-31(17-29-18)23-9-4-19(11-24(23)35-3)10-20-12-27(15-37(33,34)16-27)14-32-25(20)30-36-26(32,2)21-5-7-22(28)8-6-21/h4-11,13,17H,12,14-16H2,1-3H3/b20-10+. The Labute approximate surface area is 214 Å². The van der Waals surface area contributed by atoms with E-state index in [0.29, 0.717) is 24.6 Å². The summed E-state index contributed by atoms with van der Waals surface area (Å²) in [5, 5.41) is 4.45. The van der Waals surface area contributed by atoms with Gasteiger partial charge in [-0.25, -0.2) is 17.8 Å². The second-order valence-electron chi connectivity index (χ2n) is 10.3. The average molecular weight is 523 g/mol. The van der Waals surface area contributed by atoms with E-state index in [-0.39, 0.29) is 17.3 Å². The van der Waals surface area contributed by atoms with Crippen LogP contribution in [0.1, 0.15) is 30.2 Å². The number of rotatable bonds is 4. The summed E-state index contributed by atoms with van der Waals surface area (Å²) in [6, 6.07) is 12.0. The monoisotopic (exact) mass is 522 g/mol. The SMILES string of the molecule is COc1cc(/C=C2\CC3(CN4C2=NOC4(C)c2ccc(F)cc2)CS(=O)(=O)C3)ccc1-n1cnc(C)c1. The number of aryl methyl sites for hydroxylation is 1. The molecule has 1 atom stereocenters. The number of sulfone groups is 1. The zero-order valence-corrected chi connectivity index (χ0v) is 21.6. The van der Waals surface area contributed by atoms with Gasteiger partial charge in [0.05, 0.1) is 36.3 Å². The van der Waals surface area contributed by atoms with Crippen LogP contribution in [0.25, 0.3) is 11.8 Å². The van der Waals surface area contributed by atoms with Crippen molar-refractivity contribution in [3.8, 4) is 11.4 Å². The van der Waals surface area contributed by atoms with Crippen LogP contribution in [0.15, 0.2) is 65.7 Å². The number of hydrogen-bond donors (Lipinski definition) is 0. The molecule has 0 saturated carbocycles. The Morgan fingerprint density at radius 2 is 1.92 bits per heavy atom. The molecule has 3 aliphatic heterocycles. The van der Waals surface area contributed by atoms with Crippen molar-refractivity contribution in [1.82, 2.24) is 14.5 Å². The Balaban J connectivity index is 1.40. The van der Waals surface area contributed by atoms with Crippen molar-refractivity contribution in [1.29, 1.82) is 0 Å². The number of ether oxygens (including phenoxy) is 1. The summed E-state index contributed by atoms with van der Waals surface area (Å²) in [6.45, 7) is 4.29. The van der Waals surface area contributed by atoms with Crippen molar-refractivity contribution in [2.45, 2.75) is 26.0 Å². The van der Waals surface area contributed by atoms with Gasteiger partial charge in [0.1, 0.15) is 11.6 Å². The van der Waals surface area contributed by atoms with E-state index in [1.54, 1.807) is 25.6 Å². The van der Waals surface area contributed by atoms with Crippen LogP contribution in [0.5, 0.6) is 5.75 Å². The van der Waals surface area contributed by atoms with Crippen LogP contribution in [0.2, 0.25) is 0 Å². The molecule has 1 aromatic heterocycles. The van der Waals surface area contributed by atoms with Gasteiger partial charge in [0.25, 0.3) is 0 Å². The van der Waals surface area contributed by atoms with Gasteiger partial charge < -0.3 is 19.0 Å². The molecule has 2 fully saturated rings. The number of hydrogen-bond acceptors (Lipinski definition) is 7. The van der Waals surface area contributed by atoms with Gasteiger partial charge in [0.15, 0.2) is 15.7 Å². The molecule has 1 unspecified atom stereocenters. The highest BCUT2D eigenvalue weighted by molar-refractivity contribution is 7.92. The number of imidazole rings is 1. The largest absolute Gasteiger partial charge is 0.495 e. The number of benzene rings is 2. The maximum atomic E-state index is 13.6. The van der Waals surface area contributed by atoms with Crippen molar-refractivity contribution in [2.75, 3.05) is 25.2 Å². The number of aromatic nitrogens is 2. The van der Waals surface area contributed by atoms with Crippen molar-refractivity contribution in [3.63, 3.8) is 0 Å². The van der Waals surface area contributed by atoms with Crippen molar-refractivity contribution >= 4 is 21.7 Å². The van der Waals surface area contributed by atoms with Gasteiger partial charge in [0.2, 0.25) is 5.72 Å². The predicted octanol–water partition coefficient (Wildman–Crippen LogP) is 4.05. The molecular formula is C27H27FN4O4S. The fourth-order valence-electron chi connectivity index (χ4n) is 5.68. The minimum Gasteiger partial charge on any atom is -0.495 e. The molecule has 3 aromatic rings. The van der Waals surface area contributed by atoms with Gasteiger partial charge in [-0.05, 0) is 54.8 Å². The molecule has 0 aliphatic carbocycles. The molecule has 2 aromatic carbocycles. The molecule has 6 rings (SSSR count). The maximum absolute atomic E-state index is 13.6. The van der Waals surface area contributed by atoms with E-state index in [1.165, 1.54) is 12.1 Å². The summed E-state index contributed by atoms with van der Waals surface area (Å²) in [7, 11) is -1.46. The zero-order chi connectivity index (χ0) is 26.0. The number of nitrogens with zero attached hydrogens (tertiary/aromatic N) is 4. The molecule has 192 valence electrons. The number of amidine groups is 1. The third-order valence-electron chi connectivity index (χ3n) is 7.39. The Kier molecular flexibility index (Phi) is 5.24. The number of oxime groups is 1. The van der Waals surface area contributed by atoms with E-state index in [2.05, 4.69) is 10.1 Å². The van der Waals surface area contributed by atoms with E-state index < -0.39 is 21.0 Å². The van der Waals surface area contributed by atoms with E-state index in [9.17, 15) is 12.8 Å². The fourth-order valence-corrected chi connectivity index (χ4v) is 7.85. The van der Waals surface area contributed by atoms with E-state index in [4.69, 9.17) is 9.57 Å². The smallest absolute Gasteiger partial charge is 0.234 e. The lowest BCUT2D eigenvalue weighted by atomic mass is 9.78. The van der Waals surface area contributed by atoms with Gasteiger partial charge in [-0.15, -0.1) is 0 Å². The van der Waals surface area contributed by atoms with Gasteiger partial charge in [0, 0.05) is 30.6 Å². The highest BCUT2D eigenvalue weighted by atomic mass is 32.2. The van der Waals surface area contributed by atoms with Crippen molar-refractivity contribution < 1.29 is 22.4 Å². The Bertz CT molecular complexity index is 1550. The topological polar surface area (TPSA) is 86.0 Å². The van der Waals surface area contributed by atoms with Crippen LogP contribution < -0.4 is 4.74 Å². The molecule has 1 spiro atoms.